The van der Waals surface area contributed by atoms with Gasteiger partial charge in [0.05, 0.1) is 4.90 Å². The molecule has 0 atom stereocenters. The molecule has 2 amide bonds. The maximum Gasteiger partial charge on any atom is 0.276 e. The second-order valence-corrected chi connectivity index (χ2v) is 9.94. The quantitative estimate of drug-likeness (QED) is 0.646. The Bertz CT molecular complexity index is 1110. The number of benzene rings is 2. The summed E-state index contributed by atoms with van der Waals surface area (Å²) in [6, 6.07) is 10.1. The smallest absolute Gasteiger partial charge is 0.276 e. The van der Waals surface area contributed by atoms with E-state index in [1.54, 1.807) is 13.0 Å². The van der Waals surface area contributed by atoms with E-state index >= 15 is 0 Å². The van der Waals surface area contributed by atoms with E-state index in [4.69, 9.17) is 4.74 Å². The number of piperidine rings is 1. The Balaban J connectivity index is 1.62. The average molecular weight is 460 g/mol. The zero-order valence-corrected chi connectivity index (χ0v) is 19.4. The summed E-state index contributed by atoms with van der Waals surface area (Å²) in [6.45, 7) is 6.20. The average Bonchev–Trinajstić information content (AvgIpc) is 2.78. The predicted octanol–water partition coefficient (Wildman–Crippen LogP) is 2.63. The molecular formula is C23H29N3O5S. The molecule has 2 aromatic rings. The van der Waals surface area contributed by atoms with Gasteiger partial charge in [-0.15, -0.1) is 0 Å². The van der Waals surface area contributed by atoms with Crippen LogP contribution in [0.15, 0.2) is 41.3 Å². The Morgan fingerprint density at radius 1 is 0.938 bits per heavy atom. The standard InChI is InChI=1S/C23H29N3O5S/c1-16-7-8-18(3)21(13-16)31-15-22(27)24-25-23(28)20-14-19(10-9-17(20)2)32(29,30)26-11-5-4-6-12-26/h7-10,13-14H,4-6,11-12,15H2,1-3H3,(H,24,27)(H,25,28). The Morgan fingerprint density at radius 3 is 2.34 bits per heavy atom. The van der Waals surface area contributed by atoms with E-state index in [0.29, 0.717) is 24.4 Å². The first-order valence-corrected chi connectivity index (χ1v) is 12.0. The number of nitrogens with zero attached hydrogens (tertiary/aromatic N) is 1. The van der Waals surface area contributed by atoms with Crippen LogP contribution in [0.5, 0.6) is 5.75 Å². The number of aryl methyl sites for hydroxylation is 3. The van der Waals surface area contributed by atoms with E-state index < -0.39 is 21.8 Å². The van der Waals surface area contributed by atoms with Crippen LogP contribution in [0.25, 0.3) is 0 Å². The van der Waals surface area contributed by atoms with Gasteiger partial charge in [-0.2, -0.15) is 4.31 Å². The monoisotopic (exact) mass is 459 g/mol. The minimum Gasteiger partial charge on any atom is -0.483 e. The van der Waals surface area contributed by atoms with Crippen molar-refractivity contribution in [1.82, 2.24) is 15.2 Å². The third-order valence-corrected chi connectivity index (χ3v) is 7.32. The van der Waals surface area contributed by atoms with Crippen molar-refractivity contribution in [2.45, 2.75) is 44.9 Å². The van der Waals surface area contributed by atoms with Gasteiger partial charge in [-0.3, -0.25) is 20.4 Å². The zero-order chi connectivity index (χ0) is 23.3. The number of amides is 2. The normalized spacial score (nSPS) is 14.6. The van der Waals surface area contributed by atoms with Crippen molar-refractivity contribution in [2.24, 2.45) is 0 Å². The van der Waals surface area contributed by atoms with Crippen LogP contribution in [0.1, 0.15) is 46.3 Å². The minimum atomic E-state index is -3.67. The number of hydrogen-bond acceptors (Lipinski definition) is 5. The van der Waals surface area contributed by atoms with Crippen molar-refractivity contribution >= 4 is 21.8 Å². The van der Waals surface area contributed by atoms with Gasteiger partial charge in [0.2, 0.25) is 10.0 Å². The van der Waals surface area contributed by atoms with E-state index in [0.717, 1.165) is 30.4 Å². The molecule has 8 nitrogen and oxygen atoms in total. The number of rotatable bonds is 6. The van der Waals surface area contributed by atoms with E-state index in [1.807, 2.05) is 32.0 Å². The molecule has 0 bridgehead atoms. The van der Waals surface area contributed by atoms with Gasteiger partial charge in [0.1, 0.15) is 5.75 Å². The molecule has 0 saturated carbocycles. The second kappa shape index (κ2) is 10.1. The third-order valence-electron chi connectivity index (χ3n) is 5.42. The van der Waals surface area contributed by atoms with Crippen LogP contribution in [0.2, 0.25) is 0 Å². The van der Waals surface area contributed by atoms with Crippen LogP contribution in [0.3, 0.4) is 0 Å². The molecule has 172 valence electrons. The summed E-state index contributed by atoms with van der Waals surface area (Å²) in [4.78, 5) is 24.8. The lowest BCUT2D eigenvalue weighted by molar-refractivity contribution is -0.123. The Kier molecular flexibility index (Phi) is 7.52. The van der Waals surface area contributed by atoms with Crippen molar-refractivity contribution < 1.29 is 22.7 Å². The SMILES string of the molecule is Cc1ccc(C)c(OCC(=O)NNC(=O)c2cc(S(=O)(=O)N3CCCCC3)ccc2C)c1. The molecule has 0 aliphatic carbocycles. The second-order valence-electron chi connectivity index (χ2n) is 8.00. The molecule has 2 N–H and O–H groups in total. The maximum absolute atomic E-state index is 12.9. The van der Waals surface area contributed by atoms with E-state index in [2.05, 4.69) is 10.9 Å². The lowest BCUT2D eigenvalue weighted by Gasteiger charge is -2.26. The highest BCUT2D eigenvalue weighted by atomic mass is 32.2. The molecule has 1 aliphatic rings. The summed E-state index contributed by atoms with van der Waals surface area (Å²) in [5, 5.41) is 0. The van der Waals surface area contributed by atoms with Crippen LogP contribution in [-0.2, 0) is 14.8 Å². The molecule has 32 heavy (non-hydrogen) atoms. The summed E-state index contributed by atoms with van der Waals surface area (Å²) in [7, 11) is -3.67. The highest BCUT2D eigenvalue weighted by Gasteiger charge is 2.27. The van der Waals surface area contributed by atoms with Crippen molar-refractivity contribution in [3.63, 3.8) is 0 Å². The maximum atomic E-state index is 12.9. The van der Waals surface area contributed by atoms with E-state index in [1.165, 1.54) is 16.4 Å². The molecule has 0 unspecified atom stereocenters. The van der Waals surface area contributed by atoms with Crippen molar-refractivity contribution in [3.05, 3.63) is 58.7 Å². The van der Waals surface area contributed by atoms with Crippen LogP contribution < -0.4 is 15.6 Å². The first-order chi connectivity index (χ1) is 15.2. The first kappa shape index (κ1) is 23.7. The van der Waals surface area contributed by atoms with E-state index in [9.17, 15) is 18.0 Å². The van der Waals surface area contributed by atoms with Crippen molar-refractivity contribution in [2.75, 3.05) is 19.7 Å². The van der Waals surface area contributed by atoms with Gasteiger partial charge in [0.15, 0.2) is 6.61 Å². The number of hydrazine groups is 1. The fourth-order valence-electron chi connectivity index (χ4n) is 3.50. The van der Waals surface area contributed by atoms with Gasteiger partial charge in [-0.05, 0) is 68.5 Å². The summed E-state index contributed by atoms with van der Waals surface area (Å²) in [6.07, 6.45) is 2.67. The van der Waals surface area contributed by atoms with Gasteiger partial charge in [-0.25, -0.2) is 8.42 Å². The number of carbonyl (C=O) groups is 2. The molecule has 9 heteroatoms. The molecule has 0 spiro atoms. The summed E-state index contributed by atoms with van der Waals surface area (Å²) < 4.78 is 32.8. The van der Waals surface area contributed by atoms with Crippen molar-refractivity contribution in [3.8, 4) is 5.75 Å². The summed E-state index contributed by atoms with van der Waals surface area (Å²) in [5.74, 6) is -0.537. The highest BCUT2D eigenvalue weighted by molar-refractivity contribution is 7.89. The van der Waals surface area contributed by atoms with Gasteiger partial charge in [-0.1, -0.05) is 24.6 Å². The number of hydrogen-bond donors (Lipinski definition) is 2. The number of carbonyl (C=O) groups excluding carboxylic acids is 2. The Labute approximate surface area is 189 Å². The molecule has 1 fully saturated rings. The van der Waals surface area contributed by atoms with E-state index in [-0.39, 0.29) is 17.1 Å². The Hall–Kier alpha value is -2.91. The van der Waals surface area contributed by atoms with Crippen LogP contribution in [-0.4, -0.2) is 44.2 Å². The molecule has 1 aliphatic heterocycles. The largest absolute Gasteiger partial charge is 0.483 e. The summed E-state index contributed by atoms with van der Waals surface area (Å²) in [5.41, 5.74) is 7.33. The molecule has 0 radical (unpaired) electrons. The van der Waals surface area contributed by atoms with Gasteiger partial charge >= 0.3 is 0 Å². The van der Waals surface area contributed by atoms with Crippen LogP contribution in [0.4, 0.5) is 0 Å². The molecule has 1 saturated heterocycles. The highest BCUT2D eigenvalue weighted by Crippen LogP contribution is 2.23. The summed E-state index contributed by atoms with van der Waals surface area (Å²) >= 11 is 0. The van der Waals surface area contributed by atoms with Gasteiger partial charge in [0.25, 0.3) is 11.8 Å². The van der Waals surface area contributed by atoms with Crippen LogP contribution in [0, 0.1) is 20.8 Å². The zero-order valence-electron chi connectivity index (χ0n) is 18.6. The molecular weight excluding hydrogens is 430 g/mol. The fourth-order valence-corrected chi connectivity index (χ4v) is 5.04. The van der Waals surface area contributed by atoms with Crippen molar-refractivity contribution in [1.29, 1.82) is 0 Å². The predicted molar refractivity (Wildman–Crippen MR) is 121 cm³/mol. The number of sulfonamides is 1. The molecule has 3 rings (SSSR count). The van der Waals surface area contributed by atoms with Crippen LogP contribution >= 0.6 is 0 Å². The molecule has 0 aromatic heterocycles. The lowest BCUT2D eigenvalue weighted by Crippen LogP contribution is -2.44. The molecule has 2 aromatic carbocycles. The fraction of sp³-hybridized carbons (Fsp3) is 0.391. The topological polar surface area (TPSA) is 105 Å². The third kappa shape index (κ3) is 5.66. The molecule has 1 heterocycles. The minimum absolute atomic E-state index is 0.0692. The number of nitrogens with one attached hydrogen (secondary N) is 2. The lowest BCUT2D eigenvalue weighted by atomic mass is 10.1. The van der Waals surface area contributed by atoms with Gasteiger partial charge in [0, 0.05) is 18.7 Å². The Morgan fingerprint density at radius 2 is 1.62 bits per heavy atom. The van der Waals surface area contributed by atoms with Gasteiger partial charge < -0.3 is 4.74 Å². The number of ether oxygens (including phenoxy) is 1. The first-order valence-electron chi connectivity index (χ1n) is 10.6.